The van der Waals surface area contributed by atoms with Gasteiger partial charge in [0.1, 0.15) is 0 Å². The molecule has 254 valence electrons. The van der Waals surface area contributed by atoms with E-state index in [-0.39, 0.29) is 0 Å². The number of nitrogens with zero attached hydrogens (tertiary/aromatic N) is 4. The van der Waals surface area contributed by atoms with Gasteiger partial charge in [-0.05, 0) is 100 Å². The molecule has 10 rings (SSSR count). The van der Waals surface area contributed by atoms with Crippen LogP contribution < -0.4 is 4.90 Å². The number of hydrogen-bond donors (Lipinski definition) is 0. The van der Waals surface area contributed by atoms with Gasteiger partial charge in [0.2, 0.25) is 0 Å². The minimum atomic E-state index is 0.666. The molecule has 0 saturated carbocycles. The number of para-hydroxylation sites is 2. The van der Waals surface area contributed by atoms with Crippen LogP contribution in [0.25, 0.3) is 72.3 Å². The lowest BCUT2D eigenvalue weighted by molar-refractivity contribution is 0.812. The van der Waals surface area contributed by atoms with Crippen molar-refractivity contribution < 1.29 is 0 Å². The van der Waals surface area contributed by atoms with Gasteiger partial charge in [0, 0.05) is 46.4 Å². The monoisotopic (exact) mass is 690 g/mol. The number of fused-ring (bicyclic) bond motifs is 6. The highest BCUT2D eigenvalue weighted by atomic mass is 15.1. The summed E-state index contributed by atoms with van der Waals surface area (Å²) in [7, 11) is 0. The predicted molar refractivity (Wildman–Crippen MR) is 221 cm³/mol. The van der Waals surface area contributed by atoms with Crippen LogP contribution in [-0.2, 0) is 13.1 Å². The average molecular weight is 691 g/mol. The molecule has 54 heavy (non-hydrogen) atoms. The van der Waals surface area contributed by atoms with Crippen molar-refractivity contribution in [2.24, 2.45) is 0 Å². The zero-order chi connectivity index (χ0) is 36.0. The number of aromatic nitrogens is 2. The Morgan fingerprint density at radius 3 is 1.81 bits per heavy atom. The quantitative estimate of drug-likeness (QED) is 0.181. The maximum Gasteiger partial charge on any atom is 0.0991 e. The summed E-state index contributed by atoms with van der Waals surface area (Å²) in [6.45, 7) is 1.56. The van der Waals surface area contributed by atoms with Crippen molar-refractivity contribution in [2.75, 3.05) is 4.90 Å². The van der Waals surface area contributed by atoms with Gasteiger partial charge in [-0.2, -0.15) is 5.26 Å². The molecule has 9 aromatic rings. The molecule has 0 amide bonds. The number of hydrogen-bond acceptors (Lipinski definition) is 3. The molecule has 0 bridgehead atoms. The fraction of sp³-hybridized carbons (Fsp3) is 0.0400. The van der Waals surface area contributed by atoms with Crippen molar-refractivity contribution in [3.05, 3.63) is 199 Å². The first kappa shape index (κ1) is 31.5. The van der Waals surface area contributed by atoms with Crippen LogP contribution in [0.15, 0.2) is 182 Å². The zero-order valence-corrected chi connectivity index (χ0v) is 29.5. The first-order chi connectivity index (χ1) is 26.7. The molecule has 0 aliphatic carbocycles. The Hall–Kier alpha value is -7.22. The van der Waals surface area contributed by atoms with Crippen molar-refractivity contribution in [3.63, 3.8) is 0 Å². The van der Waals surface area contributed by atoms with Crippen LogP contribution >= 0.6 is 0 Å². The molecule has 0 atom stereocenters. The lowest BCUT2D eigenvalue weighted by atomic mass is 9.92. The molecule has 2 aromatic heterocycles. The SMILES string of the molecule is N#Cc1ccc2c(c1)c1ccccc1n2-c1ccc2c(c1)-c1ccc(-c3cc(-c4ccccc4)nc(-c4ccccc4)c3)cc1CN(c1ccccc1)C2. The van der Waals surface area contributed by atoms with E-state index < -0.39 is 0 Å². The van der Waals surface area contributed by atoms with Gasteiger partial charge in [-0.25, -0.2) is 4.98 Å². The first-order valence-electron chi connectivity index (χ1n) is 18.3. The second-order valence-electron chi connectivity index (χ2n) is 14.0. The number of rotatable bonds is 5. The van der Waals surface area contributed by atoms with Gasteiger partial charge in [0.15, 0.2) is 0 Å². The Bertz CT molecular complexity index is 2830. The highest BCUT2D eigenvalue weighted by molar-refractivity contribution is 6.09. The summed E-state index contributed by atoms with van der Waals surface area (Å²) < 4.78 is 2.34. The molecular weight excluding hydrogens is 657 g/mol. The van der Waals surface area contributed by atoms with E-state index in [1.807, 2.05) is 24.3 Å². The van der Waals surface area contributed by atoms with E-state index in [4.69, 9.17) is 4.98 Å². The highest BCUT2D eigenvalue weighted by Gasteiger charge is 2.23. The summed E-state index contributed by atoms with van der Waals surface area (Å²) in [6, 6.07) is 66.8. The average Bonchev–Trinajstić information content (AvgIpc) is 3.48. The molecule has 0 unspecified atom stereocenters. The van der Waals surface area contributed by atoms with E-state index in [1.54, 1.807) is 0 Å². The lowest BCUT2D eigenvalue weighted by Gasteiger charge is -2.24. The first-order valence-corrected chi connectivity index (χ1v) is 18.3. The fourth-order valence-corrected chi connectivity index (χ4v) is 8.08. The Balaban J connectivity index is 1.16. The zero-order valence-electron chi connectivity index (χ0n) is 29.5. The van der Waals surface area contributed by atoms with E-state index in [1.165, 1.54) is 27.9 Å². The van der Waals surface area contributed by atoms with Crippen molar-refractivity contribution in [3.8, 4) is 56.5 Å². The third kappa shape index (κ3) is 5.51. The van der Waals surface area contributed by atoms with Crippen LogP contribution in [-0.4, -0.2) is 9.55 Å². The van der Waals surface area contributed by atoms with E-state index in [9.17, 15) is 5.26 Å². The summed E-state index contributed by atoms with van der Waals surface area (Å²) in [4.78, 5) is 7.63. The summed E-state index contributed by atoms with van der Waals surface area (Å²) in [5, 5.41) is 11.9. The molecule has 1 aliphatic rings. The molecule has 4 heteroatoms. The van der Waals surface area contributed by atoms with Crippen LogP contribution in [0.2, 0.25) is 0 Å². The molecule has 0 saturated heterocycles. The van der Waals surface area contributed by atoms with Crippen LogP contribution in [0.3, 0.4) is 0 Å². The Morgan fingerprint density at radius 1 is 0.444 bits per heavy atom. The molecular formula is C50H34N4. The van der Waals surface area contributed by atoms with Gasteiger partial charge in [0.25, 0.3) is 0 Å². The molecule has 1 aliphatic heterocycles. The van der Waals surface area contributed by atoms with Crippen molar-refractivity contribution in [2.45, 2.75) is 13.1 Å². The second kappa shape index (κ2) is 13.1. The minimum absolute atomic E-state index is 0.666. The minimum Gasteiger partial charge on any atom is -0.363 e. The maximum absolute atomic E-state index is 9.71. The molecule has 0 fully saturated rings. The van der Waals surface area contributed by atoms with Crippen LogP contribution in [0.4, 0.5) is 5.69 Å². The Morgan fingerprint density at radius 2 is 1.09 bits per heavy atom. The Labute approximate surface area is 314 Å². The maximum atomic E-state index is 9.71. The molecule has 7 aromatic carbocycles. The van der Waals surface area contributed by atoms with Gasteiger partial charge >= 0.3 is 0 Å². The van der Waals surface area contributed by atoms with Gasteiger partial charge in [-0.3, -0.25) is 0 Å². The molecule has 0 N–H and O–H groups in total. The molecule has 0 radical (unpaired) electrons. The normalized spacial score (nSPS) is 12.2. The van der Waals surface area contributed by atoms with E-state index in [0.717, 1.165) is 74.2 Å². The van der Waals surface area contributed by atoms with Crippen LogP contribution in [0.1, 0.15) is 16.7 Å². The summed E-state index contributed by atoms with van der Waals surface area (Å²) in [5.74, 6) is 0. The van der Waals surface area contributed by atoms with Crippen LogP contribution in [0, 0.1) is 11.3 Å². The third-order valence-corrected chi connectivity index (χ3v) is 10.7. The number of benzene rings is 7. The second-order valence-corrected chi connectivity index (χ2v) is 14.0. The van der Waals surface area contributed by atoms with Gasteiger partial charge < -0.3 is 9.47 Å². The molecule has 4 nitrogen and oxygen atoms in total. The van der Waals surface area contributed by atoms with Gasteiger partial charge in [-0.15, -0.1) is 0 Å². The van der Waals surface area contributed by atoms with Gasteiger partial charge in [0.05, 0.1) is 34.1 Å². The molecule has 3 heterocycles. The summed E-state index contributed by atoms with van der Waals surface area (Å²) in [5.41, 5.74) is 16.6. The summed E-state index contributed by atoms with van der Waals surface area (Å²) >= 11 is 0. The lowest BCUT2D eigenvalue weighted by Crippen LogP contribution is -2.20. The van der Waals surface area contributed by atoms with E-state index >= 15 is 0 Å². The summed E-state index contributed by atoms with van der Waals surface area (Å²) in [6.07, 6.45) is 0. The Kier molecular flexibility index (Phi) is 7.63. The van der Waals surface area contributed by atoms with Gasteiger partial charge in [-0.1, -0.05) is 115 Å². The van der Waals surface area contributed by atoms with Crippen molar-refractivity contribution in [1.29, 1.82) is 5.26 Å². The number of nitriles is 1. The topological polar surface area (TPSA) is 44.9 Å². The van der Waals surface area contributed by atoms with E-state index in [0.29, 0.717) is 5.56 Å². The van der Waals surface area contributed by atoms with E-state index in [2.05, 4.69) is 173 Å². The van der Waals surface area contributed by atoms with Crippen LogP contribution in [0.5, 0.6) is 0 Å². The number of anilines is 1. The molecule has 0 spiro atoms. The predicted octanol–water partition coefficient (Wildman–Crippen LogP) is 12.2. The smallest absolute Gasteiger partial charge is 0.0991 e. The standard InChI is InChI=1S/C50H34N4/c51-31-34-20-25-50-46(26-34)44-18-10-11-19-49(44)54(50)42-23-21-38-32-53(41-16-8-3-9-17-41)33-40-27-37(22-24-43(40)45(38)30-42)39-28-47(35-12-4-1-5-13-35)52-48(29-39)36-14-6-2-7-15-36/h1-30H,32-33H2. The third-order valence-electron chi connectivity index (χ3n) is 10.7. The highest BCUT2D eigenvalue weighted by Crippen LogP contribution is 2.41. The number of pyridine rings is 1. The largest absolute Gasteiger partial charge is 0.363 e. The van der Waals surface area contributed by atoms with Crippen molar-refractivity contribution >= 4 is 27.5 Å². The fourth-order valence-electron chi connectivity index (χ4n) is 8.08. The van der Waals surface area contributed by atoms with Crippen molar-refractivity contribution in [1.82, 2.24) is 9.55 Å².